The van der Waals surface area contributed by atoms with Crippen LogP contribution in [0.5, 0.6) is 0 Å². The van der Waals surface area contributed by atoms with Gasteiger partial charge in [0.1, 0.15) is 0 Å². The van der Waals surface area contributed by atoms with Gasteiger partial charge in [0.15, 0.2) is 0 Å². The highest BCUT2D eigenvalue weighted by Crippen LogP contribution is 2.27. The number of halogens is 1. The number of aliphatic hydroxyl groups excluding tert-OH is 1. The van der Waals surface area contributed by atoms with Crippen LogP contribution in [-0.4, -0.2) is 34.1 Å². The molecule has 0 spiro atoms. The predicted octanol–water partition coefficient (Wildman–Crippen LogP) is 2.31. The summed E-state index contributed by atoms with van der Waals surface area (Å²) in [6.07, 6.45) is 2.07. The van der Waals surface area contributed by atoms with Crippen molar-refractivity contribution in [3.05, 3.63) is 38.3 Å². The quantitative estimate of drug-likeness (QED) is 0.684. The SMILES string of the molecule is O=[N+]([O-])c1cc(CN2CCCC2CO)ccc1Br. The van der Waals surface area contributed by atoms with E-state index >= 15 is 0 Å². The zero-order chi connectivity index (χ0) is 13.1. The van der Waals surface area contributed by atoms with Crippen LogP contribution in [0.15, 0.2) is 22.7 Å². The lowest BCUT2D eigenvalue weighted by molar-refractivity contribution is -0.385. The number of hydrogen-bond acceptors (Lipinski definition) is 4. The van der Waals surface area contributed by atoms with E-state index in [9.17, 15) is 15.2 Å². The van der Waals surface area contributed by atoms with E-state index in [1.165, 1.54) is 0 Å². The summed E-state index contributed by atoms with van der Waals surface area (Å²) in [5.41, 5.74) is 0.998. The van der Waals surface area contributed by atoms with Gasteiger partial charge in [-0.05, 0) is 46.9 Å². The maximum atomic E-state index is 10.9. The Morgan fingerprint density at radius 1 is 1.56 bits per heavy atom. The van der Waals surface area contributed by atoms with Crippen molar-refractivity contribution >= 4 is 21.6 Å². The third-order valence-electron chi connectivity index (χ3n) is 3.30. The van der Waals surface area contributed by atoms with Gasteiger partial charge < -0.3 is 5.11 Å². The van der Waals surface area contributed by atoms with E-state index in [0.717, 1.165) is 24.9 Å². The summed E-state index contributed by atoms with van der Waals surface area (Å²) in [4.78, 5) is 12.6. The fourth-order valence-corrected chi connectivity index (χ4v) is 2.73. The van der Waals surface area contributed by atoms with E-state index in [1.807, 2.05) is 6.07 Å². The molecule has 1 aromatic rings. The van der Waals surface area contributed by atoms with Gasteiger partial charge in [-0.15, -0.1) is 0 Å². The Kier molecular flexibility index (Phi) is 4.31. The van der Waals surface area contributed by atoms with Crippen LogP contribution in [0, 0.1) is 10.1 Å². The third kappa shape index (κ3) is 2.88. The van der Waals surface area contributed by atoms with Crippen LogP contribution >= 0.6 is 15.9 Å². The van der Waals surface area contributed by atoms with E-state index in [0.29, 0.717) is 11.0 Å². The second kappa shape index (κ2) is 5.77. The van der Waals surface area contributed by atoms with Gasteiger partial charge in [0, 0.05) is 18.7 Å². The van der Waals surface area contributed by atoms with Gasteiger partial charge >= 0.3 is 0 Å². The molecule has 98 valence electrons. The molecule has 0 amide bonds. The summed E-state index contributed by atoms with van der Waals surface area (Å²) in [6, 6.07) is 5.37. The zero-order valence-corrected chi connectivity index (χ0v) is 11.5. The fraction of sp³-hybridized carbons (Fsp3) is 0.500. The van der Waals surface area contributed by atoms with Crippen molar-refractivity contribution in [2.75, 3.05) is 13.2 Å². The Hall–Kier alpha value is -0.980. The summed E-state index contributed by atoms with van der Waals surface area (Å²) in [5.74, 6) is 0. The molecule has 0 aliphatic carbocycles. The number of aliphatic hydroxyl groups is 1. The van der Waals surface area contributed by atoms with E-state index in [4.69, 9.17) is 0 Å². The van der Waals surface area contributed by atoms with Crippen LogP contribution in [0.25, 0.3) is 0 Å². The van der Waals surface area contributed by atoms with E-state index < -0.39 is 0 Å². The summed E-state index contributed by atoms with van der Waals surface area (Å²) < 4.78 is 0.497. The molecule has 5 nitrogen and oxygen atoms in total. The van der Waals surface area contributed by atoms with E-state index in [-0.39, 0.29) is 23.3 Å². The second-order valence-electron chi connectivity index (χ2n) is 4.49. The summed E-state index contributed by atoms with van der Waals surface area (Å²) in [7, 11) is 0. The Labute approximate surface area is 114 Å². The van der Waals surface area contributed by atoms with Crippen molar-refractivity contribution in [2.24, 2.45) is 0 Å². The standard InChI is InChI=1S/C12H15BrN2O3/c13-11-4-3-9(6-12(11)15(17)18)7-14-5-1-2-10(14)8-16/h3-4,6,10,16H,1-2,5,7-8H2. The lowest BCUT2D eigenvalue weighted by Crippen LogP contribution is -2.31. The van der Waals surface area contributed by atoms with Crippen molar-refractivity contribution in [2.45, 2.75) is 25.4 Å². The number of rotatable bonds is 4. The average molecular weight is 315 g/mol. The van der Waals surface area contributed by atoms with E-state index in [2.05, 4.69) is 20.8 Å². The molecule has 0 radical (unpaired) electrons. The van der Waals surface area contributed by atoms with Gasteiger partial charge in [-0.25, -0.2) is 0 Å². The molecule has 1 atom stereocenters. The molecule has 0 aromatic heterocycles. The lowest BCUT2D eigenvalue weighted by Gasteiger charge is -2.22. The molecule has 2 rings (SSSR count). The molecule has 6 heteroatoms. The number of hydrogen-bond donors (Lipinski definition) is 1. The Morgan fingerprint density at radius 3 is 3.00 bits per heavy atom. The zero-order valence-electron chi connectivity index (χ0n) is 9.88. The first kappa shape index (κ1) is 13.5. The van der Waals surface area contributed by atoms with Crippen molar-refractivity contribution in [3.8, 4) is 0 Å². The largest absolute Gasteiger partial charge is 0.395 e. The molecule has 1 unspecified atom stereocenters. The average Bonchev–Trinajstić information content (AvgIpc) is 2.78. The maximum Gasteiger partial charge on any atom is 0.283 e. The number of nitro groups is 1. The van der Waals surface area contributed by atoms with Gasteiger partial charge in [-0.3, -0.25) is 15.0 Å². The van der Waals surface area contributed by atoms with Crippen LogP contribution in [0.1, 0.15) is 18.4 Å². The topological polar surface area (TPSA) is 66.6 Å². The molecule has 18 heavy (non-hydrogen) atoms. The minimum Gasteiger partial charge on any atom is -0.395 e. The van der Waals surface area contributed by atoms with Crippen molar-refractivity contribution in [1.29, 1.82) is 0 Å². The highest BCUT2D eigenvalue weighted by Gasteiger charge is 2.24. The lowest BCUT2D eigenvalue weighted by atomic mass is 10.1. The normalized spacial score (nSPS) is 20.2. The highest BCUT2D eigenvalue weighted by atomic mass is 79.9. The predicted molar refractivity (Wildman–Crippen MR) is 71.3 cm³/mol. The number of benzene rings is 1. The van der Waals surface area contributed by atoms with Crippen LogP contribution in [0.3, 0.4) is 0 Å². The van der Waals surface area contributed by atoms with E-state index in [1.54, 1.807) is 12.1 Å². The first-order chi connectivity index (χ1) is 8.61. The van der Waals surface area contributed by atoms with Crippen molar-refractivity contribution in [1.82, 2.24) is 4.90 Å². The number of nitrogens with zero attached hydrogens (tertiary/aromatic N) is 2. The first-order valence-corrected chi connectivity index (χ1v) is 6.69. The van der Waals surface area contributed by atoms with Crippen LogP contribution in [-0.2, 0) is 6.54 Å². The maximum absolute atomic E-state index is 10.9. The molecule has 1 saturated heterocycles. The Bertz CT molecular complexity index is 453. The minimum atomic E-state index is -0.388. The van der Waals surface area contributed by atoms with Gasteiger partial charge in [-0.1, -0.05) is 6.07 Å². The summed E-state index contributed by atoms with van der Waals surface area (Å²) >= 11 is 3.17. The number of nitro benzene ring substituents is 1. The molecular weight excluding hydrogens is 300 g/mol. The van der Waals surface area contributed by atoms with Gasteiger partial charge in [0.05, 0.1) is 16.0 Å². The van der Waals surface area contributed by atoms with Crippen LogP contribution in [0.4, 0.5) is 5.69 Å². The third-order valence-corrected chi connectivity index (χ3v) is 3.97. The summed E-state index contributed by atoms with van der Waals surface area (Å²) in [6.45, 7) is 1.74. The van der Waals surface area contributed by atoms with Gasteiger partial charge in [0.2, 0.25) is 0 Å². The molecule has 1 aromatic carbocycles. The van der Waals surface area contributed by atoms with Crippen molar-refractivity contribution in [3.63, 3.8) is 0 Å². The monoisotopic (exact) mass is 314 g/mol. The highest BCUT2D eigenvalue weighted by molar-refractivity contribution is 9.10. The van der Waals surface area contributed by atoms with Crippen LogP contribution < -0.4 is 0 Å². The molecule has 1 aliphatic heterocycles. The van der Waals surface area contributed by atoms with Crippen molar-refractivity contribution < 1.29 is 10.0 Å². The fourth-order valence-electron chi connectivity index (χ4n) is 2.34. The second-order valence-corrected chi connectivity index (χ2v) is 5.35. The molecule has 1 fully saturated rings. The molecule has 1 aliphatic rings. The smallest absolute Gasteiger partial charge is 0.283 e. The number of likely N-dealkylation sites (tertiary alicyclic amines) is 1. The molecule has 1 N–H and O–H groups in total. The molecule has 1 heterocycles. The summed E-state index contributed by atoms with van der Waals surface area (Å²) in [5, 5.41) is 20.1. The van der Waals surface area contributed by atoms with Gasteiger partial charge in [-0.2, -0.15) is 0 Å². The first-order valence-electron chi connectivity index (χ1n) is 5.89. The van der Waals surface area contributed by atoms with Gasteiger partial charge in [0.25, 0.3) is 5.69 Å². The molecule has 0 saturated carbocycles. The molecule has 0 bridgehead atoms. The van der Waals surface area contributed by atoms with Crippen LogP contribution in [0.2, 0.25) is 0 Å². The minimum absolute atomic E-state index is 0.0900. The molecular formula is C12H15BrN2O3. The Morgan fingerprint density at radius 2 is 2.33 bits per heavy atom. The Balaban J connectivity index is 2.14.